The maximum absolute atomic E-state index is 12.1. The Labute approximate surface area is 115 Å². The number of rotatable bonds is 6. The van der Waals surface area contributed by atoms with Crippen LogP contribution in [0.2, 0.25) is 0 Å². The molecule has 1 rings (SSSR count). The van der Waals surface area contributed by atoms with Crippen molar-refractivity contribution in [3.8, 4) is 5.75 Å². The van der Waals surface area contributed by atoms with E-state index in [1.807, 2.05) is 6.92 Å². The van der Waals surface area contributed by atoms with Crippen molar-refractivity contribution in [2.45, 2.75) is 40.2 Å². The second-order valence-corrected chi connectivity index (χ2v) is 4.92. The second kappa shape index (κ2) is 7.02. The molecule has 0 aliphatic carbocycles. The molecule has 0 spiro atoms. The number of hydrogen-bond donors (Lipinski definition) is 2. The van der Waals surface area contributed by atoms with E-state index in [2.05, 4.69) is 26.1 Å². The summed E-state index contributed by atoms with van der Waals surface area (Å²) >= 11 is 0. The van der Waals surface area contributed by atoms with Crippen molar-refractivity contribution in [2.24, 2.45) is 5.92 Å². The second-order valence-electron chi connectivity index (χ2n) is 4.92. The lowest BCUT2D eigenvalue weighted by atomic mass is 10.0. The number of nitrogen functional groups attached to an aromatic ring is 1. The molecule has 0 bridgehead atoms. The number of anilines is 1. The zero-order chi connectivity index (χ0) is 14.4. The number of carbonyl (C=O) groups is 1. The lowest BCUT2D eigenvalue weighted by Gasteiger charge is -2.21. The van der Waals surface area contributed by atoms with Crippen molar-refractivity contribution in [2.75, 3.05) is 12.3 Å². The molecule has 106 valence electrons. The fraction of sp³-hybridized carbons (Fsp3) is 0.533. The van der Waals surface area contributed by atoms with Gasteiger partial charge in [0.2, 0.25) is 0 Å². The van der Waals surface area contributed by atoms with E-state index in [-0.39, 0.29) is 11.9 Å². The third-order valence-corrected chi connectivity index (χ3v) is 3.13. The van der Waals surface area contributed by atoms with E-state index < -0.39 is 0 Å². The SMILES string of the molecule is CCOc1ccc(C(=O)NC(CC)C(C)C)cc1N. The number of benzene rings is 1. The Kier molecular flexibility index (Phi) is 5.67. The van der Waals surface area contributed by atoms with Crippen LogP contribution in [0.5, 0.6) is 5.75 Å². The zero-order valence-electron chi connectivity index (χ0n) is 12.2. The van der Waals surface area contributed by atoms with Crippen LogP contribution in [0.4, 0.5) is 5.69 Å². The molecule has 1 amide bonds. The molecule has 0 aliphatic heterocycles. The number of nitrogens with two attached hydrogens (primary N) is 1. The van der Waals surface area contributed by atoms with E-state index in [0.717, 1.165) is 6.42 Å². The van der Waals surface area contributed by atoms with Gasteiger partial charge in [-0.05, 0) is 37.5 Å². The topological polar surface area (TPSA) is 64.3 Å². The Morgan fingerprint density at radius 3 is 2.53 bits per heavy atom. The van der Waals surface area contributed by atoms with Crippen LogP contribution in [0.1, 0.15) is 44.5 Å². The Balaban J connectivity index is 2.80. The molecule has 4 heteroatoms. The molecule has 1 aromatic rings. The van der Waals surface area contributed by atoms with E-state index in [0.29, 0.717) is 29.5 Å². The Morgan fingerprint density at radius 2 is 2.05 bits per heavy atom. The molecule has 0 aliphatic rings. The first-order valence-electron chi connectivity index (χ1n) is 6.82. The van der Waals surface area contributed by atoms with E-state index in [4.69, 9.17) is 10.5 Å². The summed E-state index contributed by atoms with van der Waals surface area (Å²) in [6.07, 6.45) is 0.913. The van der Waals surface area contributed by atoms with Gasteiger partial charge in [-0.3, -0.25) is 4.79 Å². The highest BCUT2D eigenvalue weighted by Crippen LogP contribution is 2.22. The fourth-order valence-electron chi connectivity index (χ4n) is 1.97. The summed E-state index contributed by atoms with van der Waals surface area (Å²) in [6, 6.07) is 5.32. The molecular formula is C15H24N2O2. The summed E-state index contributed by atoms with van der Waals surface area (Å²) in [5, 5.41) is 3.03. The third kappa shape index (κ3) is 4.16. The maximum atomic E-state index is 12.1. The third-order valence-electron chi connectivity index (χ3n) is 3.13. The van der Waals surface area contributed by atoms with E-state index >= 15 is 0 Å². The lowest BCUT2D eigenvalue weighted by molar-refractivity contribution is 0.0924. The van der Waals surface area contributed by atoms with Gasteiger partial charge in [0, 0.05) is 11.6 Å². The standard InChI is InChI=1S/C15H24N2O2/c1-5-13(10(3)4)17-15(18)11-7-8-14(19-6-2)12(16)9-11/h7-10,13H,5-6,16H2,1-4H3,(H,17,18). The van der Waals surface area contributed by atoms with Crippen LogP contribution in [0, 0.1) is 5.92 Å². The first kappa shape index (κ1) is 15.3. The van der Waals surface area contributed by atoms with Crippen LogP contribution >= 0.6 is 0 Å². The predicted octanol–water partition coefficient (Wildman–Crippen LogP) is 2.83. The van der Waals surface area contributed by atoms with Gasteiger partial charge in [0.15, 0.2) is 0 Å². The summed E-state index contributed by atoms with van der Waals surface area (Å²) in [6.45, 7) is 8.72. The van der Waals surface area contributed by atoms with E-state index in [9.17, 15) is 4.79 Å². The molecule has 0 fully saturated rings. The summed E-state index contributed by atoms with van der Waals surface area (Å²) in [4.78, 5) is 12.1. The molecular weight excluding hydrogens is 240 g/mol. The van der Waals surface area contributed by atoms with Crippen LogP contribution in [-0.2, 0) is 0 Å². The summed E-state index contributed by atoms with van der Waals surface area (Å²) in [7, 11) is 0. The van der Waals surface area contributed by atoms with Crippen LogP contribution in [0.15, 0.2) is 18.2 Å². The molecule has 1 unspecified atom stereocenters. The van der Waals surface area contributed by atoms with Gasteiger partial charge in [-0.2, -0.15) is 0 Å². The molecule has 0 saturated carbocycles. The Morgan fingerprint density at radius 1 is 1.37 bits per heavy atom. The summed E-state index contributed by atoms with van der Waals surface area (Å²) < 4.78 is 5.36. The molecule has 3 N–H and O–H groups in total. The zero-order valence-corrected chi connectivity index (χ0v) is 12.2. The number of ether oxygens (including phenoxy) is 1. The lowest BCUT2D eigenvalue weighted by Crippen LogP contribution is -2.38. The minimum absolute atomic E-state index is 0.0877. The van der Waals surface area contributed by atoms with E-state index in [1.54, 1.807) is 18.2 Å². The van der Waals surface area contributed by atoms with Crippen LogP contribution in [0.25, 0.3) is 0 Å². The smallest absolute Gasteiger partial charge is 0.251 e. The van der Waals surface area contributed by atoms with Crippen LogP contribution in [0.3, 0.4) is 0 Å². The highest BCUT2D eigenvalue weighted by Gasteiger charge is 2.16. The van der Waals surface area contributed by atoms with Crippen LogP contribution in [-0.4, -0.2) is 18.6 Å². The van der Waals surface area contributed by atoms with Crippen molar-refractivity contribution < 1.29 is 9.53 Å². The van der Waals surface area contributed by atoms with Gasteiger partial charge in [0.1, 0.15) is 5.75 Å². The number of amides is 1. The van der Waals surface area contributed by atoms with Crippen LogP contribution < -0.4 is 15.8 Å². The van der Waals surface area contributed by atoms with Gasteiger partial charge in [0.05, 0.1) is 12.3 Å². The van der Waals surface area contributed by atoms with Crippen molar-refractivity contribution in [1.29, 1.82) is 0 Å². The predicted molar refractivity (Wildman–Crippen MR) is 78.4 cm³/mol. The average Bonchev–Trinajstić information content (AvgIpc) is 2.37. The van der Waals surface area contributed by atoms with Gasteiger partial charge in [-0.25, -0.2) is 0 Å². The average molecular weight is 264 g/mol. The molecule has 0 aromatic heterocycles. The number of hydrogen-bond acceptors (Lipinski definition) is 3. The number of carbonyl (C=O) groups excluding carboxylic acids is 1. The normalized spacial score (nSPS) is 12.3. The van der Waals surface area contributed by atoms with Gasteiger partial charge >= 0.3 is 0 Å². The summed E-state index contributed by atoms with van der Waals surface area (Å²) in [5.41, 5.74) is 6.93. The van der Waals surface area contributed by atoms with Gasteiger partial charge in [0.25, 0.3) is 5.91 Å². The molecule has 1 atom stereocenters. The molecule has 19 heavy (non-hydrogen) atoms. The first-order valence-corrected chi connectivity index (χ1v) is 6.82. The van der Waals surface area contributed by atoms with Gasteiger partial charge in [-0.15, -0.1) is 0 Å². The number of nitrogens with one attached hydrogen (secondary N) is 1. The minimum Gasteiger partial charge on any atom is -0.492 e. The van der Waals surface area contributed by atoms with Gasteiger partial charge in [-0.1, -0.05) is 20.8 Å². The molecule has 4 nitrogen and oxygen atoms in total. The Hall–Kier alpha value is -1.71. The maximum Gasteiger partial charge on any atom is 0.251 e. The minimum atomic E-state index is -0.0877. The highest BCUT2D eigenvalue weighted by atomic mass is 16.5. The fourth-order valence-corrected chi connectivity index (χ4v) is 1.97. The van der Waals surface area contributed by atoms with Crippen molar-refractivity contribution in [3.05, 3.63) is 23.8 Å². The first-order chi connectivity index (χ1) is 8.99. The van der Waals surface area contributed by atoms with Crippen molar-refractivity contribution in [3.63, 3.8) is 0 Å². The highest BCUT2D eigenvalue weighted by molar-refractivity contribution is 5.95. The summed E-state index contributed by atoms with van der Waals surface area (Å²) in [5.74, 6) is 0.944. The monoisotopic (exact) mass is 264 g/mol. The molecule has 0 saturated heterocycles. The van der Waals surface area contributed by atoms with Gasteiger partial charge < -0.3 is 15.8 Å². The van der Waals surface area contributed by atoms with E-state index in [1.165, 1.54) is 0 Å². The Bertz CT molecular complexity index is 430. The molecule has 1 aromatic carbocycles. The molecule has 0 heterocycles. The molecule has 0 radical (unpaired) electrons. The quantitative estimate of drug-likeness (QED) is 0.776. The van der Waals surface area contributed by atoms with Crippen molar-refractivity contribution in [1.82, 2.24) is 5.32 Å². The van der Waals surface area contributed by atoms with Crippen molar-refractivity contribution >= 4 is 11.6 Å². The largest absolute Gasteiger partial charge is 0.492 e.